The number of rotatable bonds is 4. The van der Waals surface area contributed by atoms with Crippen LogP contribution in [0.1, 0.15) is 6.42 Å². The molecule has 0 radical (unpaired) electrons. The summed E-state index contributed by atoms with van der Waals surface area (Å²) in [7, 11) is 3.61. The van der Waals surface area contributed by atoms with Crippen molar-refractivity contribution in [1.29, 1.82) is 0 Å². The van der Waals surface area contributed by atoms with Crippen molar-refractivity contribution < 1.29 is 13.6 Å². The monoisotopic (exact) mass is 179 g/mol. The first-order valence-electron chi connectivity index (χ1n) is 3.06. The summed E-state index contributed by atoms with van der Waals surface area (Å²) in [4.78, 5) is 12.4. The molecular weight excluding hydrogens is 168 g/mol. The molecule has 0 aliphatic rings. The van der Waals surface area contributed by atoms with Gasteiger partial charge in [0.2, 0.25) is 5.91 Å². The third-order valence-corrected chi connectivity index (χ3v) is 1.38. The number of amides is 1. The summed E-state index contributed by atoms with van der Waals surface area (Å²) in [5.41, 5.74) is 0. The standard InChI is InChI=1S/C5H12N2O3S/c1-7(2)4-3-5(8)6-11(9)10/h3-4H2,1-2H3,(H,6,8)(H,9,10)/p-1. The fraction of sp³-hybridized carbons (Fsp3) is 0.800. The molecule has 1 amide bonds. The van der Waals surface area contributed by atoms with Gasteiger partial charge in [0.1, 0.15) is 0 Å². The van der Waals surface area contributed by atoms with Crippen LogP contribution in [0, 0.1) is 0 Å². The molecule has 0 aromatic heterocycles. The normalized spacial score (nSPS) is 13.1. The molecule has 0 spiro atoms. The quantitative estimate of drug-likeness (QED) is 0.553. The van der Waals surface area contributed by atoms with Gasteiger partial charge in [-0.2, -0.15) is 0 Å². The van der Waals surface area contributed by atoms with Crippen molar-refractivity contribution in [3.05, 3.63) is 0 Å². The Morgan fingerprint density at radius 3 is 2.55 bits per heavy atom. The summed E-state index contributed by atoms with van der Waals surface area (Å²) in [6, 6.07) is 0. The lowest BCUT2D eigenvalue weighted by atomic mass is 10.4. The molecule has 0 aliphatic carbocycles. The lowest BCUT2D eigenvalue weighted by Crippen LogP contribution is -2.28. The Morgan fingerprint density at radius 2 is 2.18 bits per heavy atom. The van der Waals surface area contributed by atoms with Gasteiger partial charge in [-0.15, -0.1) is 0 Å². The number of hydrogen-bond acceptors (Lipinski definition) is 4. The summed E-state index contributed by atoms with van der Waals surface area (Å²) < 4.78 is 21.6. The van der Waals surface area contributed by atoms with Crippen LogP contribution in [-0.2, 0) is 16.1 Å². The van der Waals surface area contributed by atoms with Crippen LogP contribution < -0.4 is 4.72 Å². The van der Waals surface area contributed by atoms with Gasteiger partial charge in [0.15, 0.2) is 0 Å². The van der Waals surface area contributed by atoms with E-state index < -0.39 is 17.2 Å². The van der Waals surface area contributed by atoms with E-state index in [1.165, 1.54) is 0 Å². The molecule has 1 unspecified atom stereocenters. The van der Waals surface area contributed by atoms with Gasteiger partial charge in [-0.05, 0) is 14.1 Å². The van der Waals surface area contributed by atoms with E-state index in [1.54, 1.807) is 23.7 Å². The number of nitrogens with zero attached hydrogens (tertiary/aromatic N) is 1. The Balaban J connectivity index is 3.46. The molecule has 0 heterocycles. The molecule has 6 heteroatoms. The first kappa shape index (κ1) is 10.5. The van der Waals surface area contributed by atoms with Gasteiger partial charge in [0.05, 0.1) is 0 Å². The van der Waals surface area contributed by atoms with E-state index in [9.17, 15) is 13.6 Å². The highest BCUT2D eigenvalue weighted by Crippen LogP contribution is 1.83. The zero-order valence-electron chi connectivity index (χ0n) is 6.49. The zero-order valence-corrected chi connectivity index (χ0v) is 7.31. The SMILES string of the molecule is CN(C)CCC(=O)NS(=O)[O-]. The van der Waals surface area contributed by atoms with Crippen molar-refractivity contribution in [3.8, 4) is 0 Å². The topological polar surface area (TPSA) is 72.5 Å². The fourth-order valence-corrected chi connectivity index (χ4v) is 0.757. The van der Waals surface area contributed by atoms with E-state index in [0.717, 1.165) is 0 Å². The molecule has 0 aromatic carbocycles. The molecule has 1 N–H and O–H groups in total. The minimum atomic E-state index is -2.48. The van der Waals surface area contributed by atoms with Crippen LogP contribution in [0.5, 0.6) is 0 Å². The predicted molar refractivity (Wildman–Crippen MR) is 40.2 cm³/mol. The van der Waals surface area contributed by atoms with Gasteiger partial charge in [0, 0.05) is 24.2 Å². The summed E-state index contributed by atoms with van der Waals surface area (Å²) >= 11 is -2.48. The molecule has 5 nitrogen and oxygen atoms in total. The highest BCUT2D eigenvalue weighted by Gasteiger charge is 2.00. The van der Waals surface area contributed by atoms with Gasteiger partial charge in [-0.1, -0.05) is 0 Å². The van der Waals surface area contributed by atoms with Crippen LogP contribution in [0.4, 0.5) is 0 Å². The van der Waals surface area contributed by atoms with Gasteiger partial charge >= 0.3 is 0 Å². The van der Waals surface area contributed by atoms with E-state index in [4.69, 9.17) is 0 Å². The van der Waals surface area contributed by atoms with E-state index >= 15 is 0 Å². The van der Waals surface area contributed by atoms with Crippen LogP contribution >= 0.6 is 0 Å². The van der Waals surface area contributed by atoms with Crippen molar-refractivity contribution in [3.63, 3.8) is 0 Å². The van der Waals surface area contributed by atoms with Crippen molar-refractivity contribution in [1.82, 2.24) is 9.62 Å². The van der Waals surface area contributed by atoms with E-state index in [0.29, 0.717) is 6.54 Å². The van der Waals surface area contributed by atoms with Gasteiger partial charge in [-0.25, -0.2) is 0 Å². The van der Waals surface area contributed by atoms with Crippen LogP contribution in [0.3, 0.4) is 0 Å². The van der Waals surface area contributed by atoms with Crippen molar-refractivity contribution in [2.24, 2.45) is 0 Å². The van der Waals surface area contributed by atoms with E-state index in [-0.39, 0.29) is 6.42 Å². The third kappa shape index (κ3) is 7.44. The second-order valence-corrected chi connectivity index (χ2v) is 2.99. The molecule has 0 aliphatic heterocycles. The van der Waals surface area contributed by atoms with Crippen molar-refractivity contribution in [2.75, 3.05) is 20.6 Å². The molecule has 0 fully saturated rings. The average Bonchev–Trinajstić information content (AvgIpc) is 1.82. The Kier molecular flexibility index (Phi) is 5.01. The second-order valence-electron chi connectivity index (χ2n) is 2.31. The van der Waals surface area contributed by atoms with Crippen LogP contribution in [0.25, 0.3) is 0 Å². The molecular formula is C5H11N2O3S-. The number of carbonyl (C=O) groups excluding carboxylic acids is 1. The lowest BCUT2D eigenvalue weighted by molar-refractivity contribution is -0.119. The minimum Gasteiger partial charge on any atom is -0.755 e. The smallest absolute Gasteiger partial charge is 0.232 e. The highest BCUT2D eigenvalue weighted by molar-refractivity contribution is 7.77. The van der Waals surface area contributed by atoms with Crippen LogP contribution in [0.2, 0.25) is 0 Å². The van der Waals surface area contributed by atoms with E-state index in [2.05, 4.69) is 0 Å². The van der Waals surface area contributed by atoms with Gasteiger partial charge in [0.25, 0.3) is 0 Å². The maximum absolute atomic E-state index is 10.6. The van der Waals surface area contributed by atoms with Crippen LogP contribution in [-0.4, -0.2) is 40.2 Å². The van der Waals surface area contributed by atoms with Crippen molar-refractivity contribution >= 4 is 17.2 Å². The zero-order chi connectivity index (χ0) is 8.85. The van der Waals surface area contributed by atoms with Gasteiger partial charge < -0.3 is 9.45 Å². The Labute approximate surface area is 68.2 Å². The summed E-state index contributed by atoms with van der Waals surface area (Å²) in [5.74, 6) is -0.480. The maximum Gasteiger partial charge on any atom is 0.232 e. The first-order valence-corrected chi connectivity index (χ1v) is 4.13. The predicted octanol–water partition coefficient (Wildman–Crippen LogP) is -1.15. The third-order valence-electron chi connectivity index (χ3n) is 0.983. The van der Waals surface area contributed by atoms with Gasteiger partial charge in [-0.3, -0.25) is 13.7 Å². The largest absolute Gasteiger partial charge is 0.755 e. The fourth-order valence-electron chi connectivity index (χ4n) is 0.469. The molecule has 0 bridgehead atoms. The second kappa shape index (κ2) is 5.22. The first-order chi connectivity index (χ1) is 5.02. The minimum absolute atomic E-state index is 0.195. The molecule has 66 valence electrons. The number of carbonyl (C=O) groups is 1. The molecule has 11 heavy (non-hydrogen) atoms. The Hall–Kier alpha value is -0.460. The number of nitrogens with one attached hydrogen (secondary N) is 1. The average molecular weight is 179 g/mol. The maximum atomic E-state index is 10.6. The Bertz CT molecular complexity index is 160. The summed E-state index contributed by atoms with van der Waals surface area (Å²) in [6.45, 7) is 0.545. The summed E-state index contributed by atoms with van der Waals surface area (Å²) in [5, 5.41) is 0. The number of hydrogen-bond donors (Lipinski definition) is 1. The summed E-state index contributed by atoms with van der Waals surface area (Å²) in [6.07, 6.45) is 0.195. The highest BCUT2D eigenvalue weighted by atomic mass is 32.2. The molecule has 0 rings (SSSR count). The van der Waals surface area contributed by atoms with Crippen LogP contribution in [0.15, 0.2) is 0 Å². The van der Waals surface area contributed by atoms with E-state index in [1.807, 2.05) is 0 Å². The van der Waals surface area contributed by atoms with Crippen molar-refractivity contribution in [2.45, 2.75) is 6.42 Å². The lowest BCUT2D eigenvalue weighted by Gasteiger charge is -2.10. The Morgan fingerprint density at radius 1 is 1.64 bits per heavy atom. The molecule has 0 aromatic rings. The molecule has 0 saturated heterocycles. The molecule has 0 saturated carbocycles. The molecule has 1 atom stereocenters.